The molecular weight excluding hydrogens is 416 g/mol. The SMILES string of the molecule is CC(=O)N1CCN(c2nc(NC3CCCc4ccccc43)c3cn(C(C)C)c(O)c3n2)CC1. The number of carbonyl (C=O) groups is 1. The summed E-state index contributed by atoms with van der Waals surface area (Å²) in [7, 11) is 0. The second-order valence-corrected chi connectivity index (χ2v) is 9.37. The number of hydrogen-bond donors (Lipinski definition) is 2. The van der Waals surface area contributed by atoms with Crippen LogP contribution in [0.1, 0.15) is 56.8 Å². The van der Waals surface area contributed by atoms with Crippen LogP contribution >= 0.6 is 0 Å². The van der Waals surface area contributed by atoms with Crippen LogP contribution in [0.3, 0.4) is 0 Å². The third-order valence-electron chi connectivity index (χ3n) is 6.90. The summed E-state index contributed by atoms with van der Waals surface area (Å²) >= 11 is 0. The number of anilines is 2. The molecule has 0 spiro atoms. The molecule has 174 valence electrons. The highest BCUT2D eigenvalue weighted by Crippen LogP contribution is 2.38. The van der Waals surface area contributed by atoms with Gasteiger partial charge in [0.1, 0.15) is 11.3 Å². The Balaban J connectivity index is 1.54. The van der Waals surface area contributed by atoms with Crippen molar-refractivity contribution in [3.63, 3.8) is 0 Å². The van der Waals surface area contributed by atoms with Crippen LogP contribution in [0, 0.1) is 0 Å². The molecule has 1 atom stereocenters. The minimum Gasteiger partial charge on any atom is -0.493 e. The molecule has 2 aromatic heterocycles. The standard InChI is InChI=1S/C25H32N6O2/c1-16(2)31-15-20-22(24(31)33)27-25(30-13-11-29(12-14-30)17(3)32)28-23(20)26-21-10-6-8-18-7-4-5-9-19(18)21/h4-5,7,9,15-16,21,33H,6,8,10-14H2,1-3H3,(H,26,27,28). The van der Waals surface area contributed by atoms with Crippen LogP contribution in [0.25, 0.3) is 10.9 Å². The van der Waals surface area contributed by atoms with Gasteiger partial charge in [0.15, 0.2) is 0 Å². The topological polar surface area (TPSA) is 86.5 Å². The van der Waals surface area contributed by atoms with E-state index < -0.39 is 0 Å². The second kappa shape index (κ2) is 8.57. The number of fused-ring (bicyclic) bond motifs is 2. The zero-order valence-corrected chi connectivity index (χ0v) is 19.6. The van der Waals surface area contributed by atoms with Crippen molar-refractivity contribution in [1.82, 2.24) is 19.4 Å². The lowest BCUT2D eigenvalue weighted by atomic mass is 9.88. The summed E-state index contributed by atoms with van der Waals surface area (Å²) in [4.78, 5) is 25.4. The number of amides is 1. The lowest BCUT2D eigenvalue weighted by Crippen LogP contribution is -2.48. The summed E-state index contributed by atoms with van der Waals surface area (Å²) in [6.07, 6.45) is 5.21. The minimum absolute atomic E-state index is 0.0935. The molecule has 2 aliphatic rings. The molecule has 8 nitrogen and oxygen atoms in total. The molecule has 0 bridgehead atoms. The van der Waals surface area contributed by atoms with Crippen LogP contribution in [0.4, 0.5) is 11.8 Å². The largest absolute Gasteiger partial charge is 0.493 e. The quantitative estimate of drug-likeness (QED) is 0.630. The Morgan fingerprint density at radius 1 is 1.15 bits per heavy atom. The maximum absolute atomic E-state index is 11.7. The maximum atomic E-state index is 11.7. The van der Waals surface area contributed by atoms with Crippen molar-refractivity contribution in [1.29, 1.82) is 0 Å². The number of aromatic hydroxyl groups is 1. The van der Waals surface area contributed by atoms with Gasteiger partial charge in [0.05, 0.1) is 11.4 Å². The van der Waals surface area contributed by atoms with Crippen molar-refractivity contribution in [2.24, 2.45) is 0 Å². The van der Waals surface area contributed by atoms with Gasteiger partial charge in [-0.2, -0.15) is 4.98 Å². The zero-order chi connectivity index (χ0) is 23.1. The van der Waals surface area contributed by atoms with E-state index in [0.29, 0.717) is 37.6 Å². The van der Waals surface area contributed by atoms with Gasteiger partial charge < -0.3 is 24.8 Å². The fraction of sp³-hybridized carbons (Fsp3) is 0.480. The van der Waals surface area contributed by atoms with Crippen LogP contribution in [-0.2, 0) is 11.2 Å². The summed E-state index contributed by atoms with van der Waals surface area (Å²) in [6, 6.07) is 8.87. The van der Waals surface area contributed by atoms with E-state index in [1.807, 2.05) is 29.5 Å². The molecule has 1 fully saturated rings. The van der Waals surface area contributed by atoms with E-state index in [1.54, 1.807) is 6.92 Å². The molecule has 1 aliphatic heterocycles. The van der Waals surface area contributed by atoms with Gasteiger partial charge in [-0.25, -0.2) is 4.98 Å². The molecule has 33 heavy (non-hydrogen) atoms. The normalized spacial score (nSPS) is 18.6. The van der Waals surface area contributed by atoms with Crippen LogP contribution in [-0.4, -0.2) is 56.6 Å². The van der Waals surface area contributed by atoms with Crippen molar-refractivity contribution in [3.8, 4) is 5.88 Å². The van der Waals surface area contributed by atoms with Gasteiger partial charge in [-0.1, -0.05) is 24.3 Å². The number of nitrogens with zero attached hydrogens (tertiary/aromatic N) is 5. The van der Waals surface area contributed by atoms with Crippen molar-refractivity contribution < 1.29 is 9.90 Å². The van der Waals surface area contributed by atoms with Crippen molar-refractivity contribution in [3.05, 3.63) is 41.6 Å². The number of aromatic nitrogens is 3. The van der Waals surface area contributed by atoms with Crippen molar-refractivity contribution >= 4 is 28.6 Å². The number of nitrogens with one attached hydrogen (secondary N) is 1. The predicted molar refractivity (Wildman–Crippen MR) is 130 cm³/mol. The first-order chi connectivity index (χ1) is 15.9. The van der Waals surface area contributed by atoms with Crippen LogP contribution in [0.2, 0.25) is 0 Å². The summed E-state index contributed by atoms with van der Waals surface area (Å²) in [5.41, 5.74) is 3.27. The Morgan fingerprint density at radius 2 is 1.91 bits per heavy atom. The minimum atomic E-state index is 0.0935. The molecule has 1 aliphatic carbocycles. The Morgan fingerprint density at radius 3 is 2.64 bits per heavy atom. The number of piperazine rings is 1. The summed E-state index contributed by atoms with van der Waals surface area (Å²) < 4.78 is 1.84. The highest BCUT2D eigenvalue weighted by molar-refractivity contribution is 5.94. The molecule has 0 radical (unpaired) electrons. The average Bonchev–Trinajstić information content (AvgIpc) is 3.16. The van der Waals surface area contributed by atoms with Crippen LogP contribution < -0.4 is 10.2 Å². The van der Waals surface area contributed by atoms with E-state index in [2.05, 4.69) is 34.5 Å². The molecule has 8 heteroatoms. The molecule has 1 amide bonds. The Hall–Kier alpha value is -3.29. The highest BCUT2D eigenvalue weighted by atomic mass is 16.3. The first-order valence-corrected chi connectivity index (χ1v) is 11.9. The van der Waals surface area contributed by atoms with E-state index in [9.17, 15) is 9.90 Å². The molecule has 5 rings (SSSR count). The van der Waals surface area contributed by atoms with E-state index in [1.165, 1.54) is 11.1 Å². The fourth-order valence-electron chi connectivity index (χ4n) is 5.01. The van der Waals surface area contributed by atoms with Crippen LogP contribution in [0.15, 0.2) is 30.5 Å². The summed E-state index contributed by atoms with van der Waals surface area (Å²) in [6.45, 7) is 8.32. The molecule has 1 aromatic carbocycles. The van der Waals surface area contributed by atoms with E-state index in [0.717, 1.165) is 30.5 Å². The molecule has 3 aromatic rings. The van der Waals surface area contributed by atoms with Gasteiger partial charge in [0, 0.05) is 45.3 Å². The maximum Gasteiger partial charge on any atom is 0.228 e. The second-order valence-electron chi connectivity index (χ2n) is 9.37. The molecule has 1 saturated heterocycles. The Kier molecular flexibility index (Phi) is 5.60. The van der Waals surface area contributed by atoms with Gasteiger partial charge >= 0.3 is 0 Å². The van der Waals surface area contributed by atoms with Crippen molar-refractivity contribution in [2.45, 2.75) is 52.1 Å². The third kappa shape index (κ3) is 3.98. The number of hydrogen-bond acceptors (Lipinski definition) is 6. The third-order valence-corrected chi connectivity index (χ3v) is 6.90. The zero-order valence-electron chi connectivity index (χ0n) is 19.6. The number of benzene rings is 1. The fourth-order valence-corrected chi connectivity index (χ4v) is 5.01. The average molecular weight is 449 g/mol. The number of rotatable bonds is 4. The molecule has 2 N–H and O–H groups in total. The van der Waals surface area contributed by atoms with Gasteiger partial charge in [-0.3, -0.25) is 4.79 Å². The number of carbonyl (C=O) groups excluding carboxylic acids is 1. The van der Waals surface area contributed by atoms with E-state index >= 15 is 0 Å². The van der Waals surface area contributed by atoms with E-state index in [4.69, 9.17) is 9.97 Å². The molecular formula is C25H32N6O2. The monoisotopic (exact) mass is 448 g/mol. The van der Waals surface area contributed by atoms with Crippen molar-refractivity contribution in [2.75, 3.05) is 36.4 Å². The molecule has 1 unspecified atom stereocenters. The first-order valence-electron chi connectivity index (χ1n) is 11.9. The van der Waals surface area contributed by atoms with Gasteiger partial charge in [-0.05, 0) is 44.2 Å². The van der Waals surface area contributed by atoms with Crippen LogP contribution in [0.5, 0.6) is 5.88 Å². The smallest absolute Gasteiger partial charge is 0.228 e. The first kappa shape index (κ1) is 21.6. The summed E-state index contributed by atoms with van der Waals surface area (Å²) in [5.74, 6) is 1.60. The lowest BCUT2D eigenvalue weighted by molar-refractivity contribution is -0.129. The number of aryl methyl sites for hydroxylation is 1. The highest BCUT2D eigenvalue weighted by Gasteiger charge is 2.26. The lowest BCUT2D eigenvalue weighted by Gasteiger charge is -2.34. The Bertz CT molecular complexity index is 1180. The Labute approximate surface area is 194 Å². The summed E-state index contributed by atoms with van der Waals surface area (Å²) in [5, 5.41) is 15.5. The van der Waals surface area contributed by atoms with E-state index in [-0.39, 0.29) is 23.9 Å². The predicted octanol–water partition coefficient (Wildman–Crippen LogP) is 3.88. The van der Waals surface area contributed by atoms with Gasteiger partial charge in [0.25, 0.3) is 0 Å². The van der Waals surface area contributed by atoms with Gasteiger partial charge in [0.2, 0.25) is 17.7 Å². The molecule has 3 heterocycles. The van der Waals surface area contributed by atoms with Gasteiger partial charge in [-0.15, -0.1) is 0 Å². The molecule has 0 saturated carbocycles.